The molecule has 2 aromatic carbocycles. The number of piperidine rings is 1. The molecule has 2 N–H and O–H groups in total. The van der Waals surface area contributed by atoms with E-state index in [0.29, 0.717) is 30.3 Å². The molecule has 1 aliphatic carbocycles. The molecular weight excluding hydrogens is 413 g/mol. The lowest BCUT2D eigenvalue weighted by Crippen LogP contribution is -2.57. The highest BCUT2D eigenvalue weighted by atomic mass is 19.1. The van der Waals surface area contributed by atoms with Crippen LogP contribution in [0.25, 0.3) is 0 Å². The minimum Gasteiger partial charge on any atom is -0.493 e. The Bertz CT molecular complexity index is 874. The lowest BCUT2D eigenvalue weighted by molar-refractivity contribution is 0.0444. The van der Waals surface area contributed by atoms with E-state index in [1.54, 1.807) is 12.1 Å². The smallest absolute Gasteiger partial charge is 0.123 e. The highest BCUT2D eigenvalue weighted by molar-refractivity contribution is 5.27. The fourth-order valence-electron chi connectivity index (χ4n) is 5.22. The van der Waals surface area contributed by atoms with Crippen LogP contribution in [0.15, 0.2) is 60.9 Å². The van der Waals surface area contributed by atoms with Gasteiger partial charge >= 0.3 is 0 Å². The first-order chi connectivity index (χ1) is 16.0. The number of hydrogen-bond donors (Lipinski definition) is 2. The van der Waals surface area contributed by atoms with Gasteiger partial charge in [0.05, 0.1) is 12.4 Å². The van der Waals surface area contributed by atoms with Crippen LogP contribution in [0.1, 0.15) is 44.2 Å². The van der Waals surface area contributed by atoms with E-state index < -0.39 is 0 Å². The summed E-state index contributed by atoms with van der Waals surface area (Å²) in [5, 5.41) is 7.21. The number of nitrogens with one attached hydrogen (secondary N) is 2. The second kappa shape index (κ2) is 11.1. The molecule has 2 atom stereocenters. The average molecular weight is 452 g/mol. The Hall–Kier alpha value is -2.53. The van der Waals surface area contributed by atoms with Gasteiger partial charge in [0.15, 0.2) is 0 Å². The fraction of sp³-hybridized carbons (Fsp3) is 0.500. The molecule has 1 saturated carbocycles. The maximum absolute atomic E-state index is 13.5. The first-order valence-electron chi connectivity index (χ1n) is 12.4. The Balaban J connectivity index is 1.44. The lowest BCUT2D eigenvalue weighted by Gasteiger charge is -2.50. The zero-order valence-electron chi connectivity index (χ0n) is 20.0. The summed E-state index contributed by atoms with van der Waals surface area (Å²) in [6.07, 6.45) is 3.81. The Labute approximate surface area is 198 Å². The van der Waals surface area contributed by atoms with Crippen LogP contribution in [0, 0.1) is 23.6 Å². The van der Waals surface area contributed by atoms with E-state index in [4.69, 9.17) is 4.74 Å². The van der Waals surface area contributed by atoms with E-state index in [2.05, 4.69) is 48.1 Å². The molecule has 2 unspecified atom stereocenters. The highest BCUT2D eigenvalue weighted by Gasteiger charge is 2.40. The Morgan fingerprint density at radius 1 is 1.06 bits per heavy atom. The molecule has 0 radical (unpaired) electrons. The lowest BCUT2D eigenvalue weighted by atomic mass is 9.73. The van der Waals surface area contributed by atoms with Gasteiger partial charge in [-0.15, -0.1) is 0 Å². The molecule has 33 heavy (non-hydrogen) atoms. The van der Waals surface area contributed by atoms with E-state index in [1.807, 2.05) is 24.3 Å². The molecule has 2 aliphatic rings. The molecule has 2 fully saturated rings. The summed E-state index contributed by atoms with van der Waals surface area (Å²) in [7, 11) is 0. The largest absolute Gasteiger partial charge is 0.493 e. The van der Waals surface area contributed by atoms with Gasteiger partial charge in [0.1, 0.15) is 11.6 Å². The summed E-state index contributed by atoms with van der Waals surface area (Å²) in [6, 6.07) is 15.6. The molecule has 4 nitrogen and oxygen atoms in total. The number of rotatable bonds is 10. The molecule has 1 saturated heterocycles. The van der Waals surface area contributed by atoms with Gasteiger partial charge in [-0.3, -0.25) is 0 Å². The van der Waals surface area contributed by atoms with Crippen molar-refractivity contribution >= 4 is 0 Å². The SMILES string of the molecule is C=C(NCc1ccc(OCC(C)C)cc1)N(Cc1ccc(F)cc1)C1C2CCCC1CNC2. The first-order valence-corrected chi connectivity index (χ1v) is 12.4. The van der Waals surface area contributed by atoms with Crippen LogP contribution in [0.4, 0.5) is 4.39 Å². The van der Waals surface area contributed by atoms with Gasteiger partial charge in [-0.1, -0.05) is 51.1 Å². The molecule has 4 rings (SSSR count). The quantitative estimate of drug-likeness (QED) is 0.513. The van der Waals surface area contributed by atoms with Crippen LogP contribution >= 0.6 is 0 Å². The molecule has 178 valence electrons. The van der Waals surface area contributed by atoms with Crippen molar-refractivity contribution in [2.75, 3.05) is 19.7 Å². The maximum Gasteiger partial charge on any atom is 0.123 e. The van der Waals surface area contributed by atoms with Crippen molar-refractivity contribution in [2.45, 2.75) is 52.2 Å². The summed E-state index contributed by atoms with van der Waals surface area (Å²) < 4.78 is 19.3. The van der Waals surface area contributed by atoms with Crippen molar-refractivity contribution in [3.63, 3.8) is 0 Å². The monoisotopic (exact) mass is 451 g/mol. The minimum absolute atomic E-state index is 0.193. The summed E-state index contributed by atoms with van der Waals surface area (Å²) in [6.45, 7) is 13.1. The number of ether oxygens (including phenoxy) is 1. The normalized spacial score (nSPS) is 22.1. The average Bonchev–Trinajstić information content (AvgIpc) is 2.81. The van der Waals surface area contributed by atoms with E-state index in [1.165, 1.54) is 24.8 Å². The van der Waals surface area contributed by atoms with Gasteiger partial charge in [-0.2, -0.15) is 0 Å². The number of hydrogen-bond acceptors (Lipinski definition) is 4. The van der Waals surface area contributed by atoms with E-state index >= 15 is 0 Å². The first kappa shape index (κ1) is 23.6. The summed E-state index contributed by atoms with van der Waals surface area (Å²) in [4.78, 5) is 2.45. The Morgan fingerprint density at radius 2 is 1.70 bits per heavy atom. The fourth-order valence-corrected chi connectivity index (χ4v) is 5.22. The second-order valence-electron chi connectivity index (χ2n) is 10.0. The predicted molar refractivity (Wildman–Crippen MR) is 132 cm³/mol. The summed E-state index contributed by atoms with van der Waals surface area (Å²) in [5.41, 5.74) is 2.31. The van der Waals surface area contributed by atoms with E-state index in [0.717, 1.165) is 43.4 Å². The van der Waals surface area contributed by atoms with Gasteiger partial charge in [-0.25, -0.2) is 4.39 Å². The van der Waals surface area contributed by atoms with Gasteiger partial charge in [0.2, 0.25) is 0 Å². The Kier molecular flexibility index (Phi) is 7.92. The maximum atomic E-state index is 13.5. The Morgan fingerprint density at radius 3 is 2.33 bits per heavy atom. The zero-order chi connectivity index (χ0) is 23.2. The number of benzene rings is 2. The molecule has 1 heterocycles. The van der Waals surface area contributed by atoms with Gasteiger partial charge in [0.25, 0.3) is 0 Å². The van der Waals surface area contributed by atoms with Gasteiger partial charge < -0.3 is 20.3 Å². The van der Waals surface area contributed by atoms with Crippen molar-refractivity contribution in [2.24, 2.45) is 17.8 Å². The van der Waals surface area contributed by atoms with Crippen LogP contribution in [0.3, 0.4) is 0 Å². The van der Waals surface area contributed by atoms with Crippen LogP contribution in [-0.4, -0.2) is 30.6 Å². The standard InChI is InChI=1S/C28H38FN3O/c1-20(2)19-33-27-13-9-22(10-14-27)15-31-21(3)32(18-23-7-11-26(29)12-8-23)28-24-5-4-6-25(28)17-30-16-24/h7-14,20,24-25,28,30-31H,3-6,15-19H2,1-2H3. The second-order valence-corrected chi connectivity index (χ2v) is 10.0. The highest BCUT2D eigenvalue weighted by Crippen LogP contribution is 2.37. The topological polar surface area (TPSA) is 36.5 Å². The molecule has 0 amide bonds. The molecule has 2 aromatic rings. The molecule has 0 aromatic heterocycles. The van der Waals surface area contributed by atoms with Crippen molar-refractivity contribution < 1.29 is 9.13 Å². The van der Waals surface area contributed by atoms with E-state index in [9.17, 15) is 4.39 Å². The third kappa shape index (κ3) is 6.29. The third-order valence-electron chi connectivity index (χ3n) is 6.90. The van der Waals surface area contributed by atoms with Crippen LogP contribution in [0.2, 0.25) is 0 Å². The van der Waals surface area contributed by atoms with Gasteiger partial charge in [0, 0.05) is 19.1 Å². The molecule has 5 heteroatoms. The number of halogens is 1. The molecule has 2 bridgehead atoms. The zero-order valence-corrected chi connectivity index (χ0v) is 20.0. The van der Waals surface area contributed by atoms with Crippen LogP contribution in [0.5, 0.6) is 5.75 Å². The van der Waals surface area contributed by atoms with E-state index in [-0.39, 0.29) is 5.82 Å². The minimum atomic E-state index is -0.193. The van der Waals surface area contributed by atoms with Crippen LogP contribution < -0.4 is 15.4 Å². The van der Waals surface area contributed by atoms with Crippen molar-refractivity contribution in [1.29, 1.82) is 0 Å². The predicted octanol–water partition coefficient (Wildman–Crippen LogP) is 5.31. The summed E-state index contributed by atoms with van der Waals surface area (Å²) in [5.74, 6) is 3.41. The number of nitrogens with zero attached hydrogens (tertiary/aromatic N) is 1. The van der Waals surface area contributed by atoms with Crippen LogP contribution in [-0.2, 0) is 13.1 Å². The summed E-state index contributed by atoms with van der Waals surface area (Å²) >= 11 is 0. The van der Waals surface area contributed by atoms with Gasteiger partial charge in [-0.05, 0) is 79.1 Å². The third-order valence-corrected chi connectivity index (χ3v) is 6.90. The molecule has 0 spiro atoms. The van der Waals surface area contributed by atoms with Crippen molar-refractivity contribution in [1.82, 2.24) is 15.5 Å². The van der Waals surface area contributed by atoms with Crippen molar-refractivity contribution in [3.8, 4) is 5.75 Å². The molecular formula is C28H38FN3O. The van der Waals surface area contributed by atoms with Crippen molar-refractivity contribution in [3.05, 3.63) is 77.9 Å². The number of fused-ring (bicyclic) bond motifs is 2. The molecule has 1 aliphatic heterocycles.